The summed E-state index contributed by atoms with van der Waals surface area (Å²) in [6.45, 7) is 3.97. The highest BCUT2D eigenvalue weighted by Gasteiger charge is 2.19. The van der Waals surface area contributed by atoms with E-state index in [4.69, 9.17) is 17.3 Å². The van der Waals surface area contributed by atoms with Gasteiger partial charge in [0.15, 0.2) is 0 Å². The molecule has 2 unspecified atom stereocenters. The molecule has 3 nitrogen and oxygen atoms in total. The number of hydrogen-bond acceptors (Lipinski definition) is 2. The van der Waals surface area contributed by atoms with Crippen molar-refractivity contribution in [2.45, 2.75) is 26.3 Å². The van der Waals surface area contributed by atoms with Crippen LogP contribution in [-0.4, -0.2) is 11.9 Å². The number of anilines is 1. The summed E-state index contributed by atoms with van der Waals surface area (Å²) >= 11 is 9.16. The summed E-state index contributed by atoms with van der Waals surface area (Å²) in [5, 5.41) is 3.40. The van der Waals surface area contributed by atoms with Crippen LogP contribution >= 0.6 is 27.5 Å². The molecular weight excluding hydrogens is 304 g/mol. The maximum absolute atomic E-state index is 11.9. The molecule has 5 heteroatoms. The lowest BCUT2D eigenvalue weighted by Crippen LogP contribution is -2.40. The number of halogens is 2. The molecule has 0 aromatic heterocycles. The number of benzene rings is 1. The fourth-order valence-electron chi connectivity index (χ4n) is 1.32. The number of amides is 1. The normalized spacial score (nSPS) is 14.2. The summed E-state index contributed by atoms with van der Waals surface area (Å²) in [7, 11) is 0. The first kappa shape index (κ1) is 14.5. The van der Waals surface area contributed by atoms with Crippen LogP contribution in [0.5, 0.6) is 0 Å². The van der Waals surface area contributed by atoms with Gasteiger partial charge in [-0.3, -0.25) is 4.79 Å². The lowest BCUT2D eigenvalue weighted by Gasteiger charge is -2.18. The molecule has 0 bridgehead atoms. The highest BCUT2D eigenvalue weighted by molar-refractivity contribution is 9.10. The first-order valence-corrected chi connectivity index (χ1v) is 6.64. The highest BCUT2D eigenvalue weighted by Crippen LogP contribution is 2.26. The van der Waals surface area contributed by atoms with E-state index < -0.39 is 6.04 Å². The van der Waals surface area contributed by atoms with Crippen LogP contribution in [0.4, 0.5) is 5.69 Å². The number of carbonyl (C=O) groups is 1. The summed E-state index contributed by atoms with van der Waals surface area (Å²) in [5.74, 6) is -0.0246. The molecule has 2 atom stereocenters. The third-order valence-corrected chi connectivity index (χ3v) is 3.64. The summed E-state index contributed by atoms with van der Waals surface area (Å²) in [4.78, 5) is 11.9. The van der Waals surface area contributed by atoms with Crippen molar-refractivity contribution in [1.82, 2.24) is 0 Å². The van der Waals surface area contributed by atoms with Crippen LogP contribution in [0.2, 0.25) is 5.02 Å². The van der Waals surface area contributed by atoms with Crippen LogP contribution in [0.15, 0.2) is 22.7 Å². The molecule has 0 saturated carbocycles. The second kappa shape index (κ2) is 6.38. The van der Waals surface area contributed by atoms with Gasteiger partial charge in [0.2, 0.25) is 5.91 Å². The Kier molecular flexibility index (Phi) is 5.43. The van der Waals surface area contributed by atoms with Crippen LogP contribution in [0, 0.1) is 5.92 Å². The van der Waals surface area contributed by atoms with Crippen molar-refractivity contribution in [2.75, 3.05) is 5.32 Å². The van der Waals surface area contributed by atoms with E-state index >= 15 is 0 Å². The van der Waals surface area contributed by atoms with Gasteiger partial charge in [-0.15, -0.1) is 0 Å². The van der Waals surface area contributed by atoms with Crippen LogP contribution in [0.1, 0.15) is 20.3 Å². The van der Waals surface area contributed by atoms with Gasteiger partial charge in [-0.25, -0.2) is 0 Å². The van der Waals surface area contributed by atoms with Gasteiger partial charge < -0.3 is 11.1 Å². The van der Waals surface area contributed by atoms with Gasteiger partial charge in [-0.2, -0.15) is 0 Å². The molecule has 0 aliphatic heterocycles. The zero-order valence-electron chi connectivity index (χ0n) is 9.84. The Balaban J connectivity index is 2.74. The van der Waals surface area contributed by atoms with Crippen molar-refractivity contribution >= 4 is 39.1 Å². The molecule has 0 radical (unpaired) electrons. The topological polar surface area (TPSA) is 55.1 Å². The molecule has 0 aliphatic rings. The molecule has 0 aliphatic carbocycles. The maximum atomic E-state index is 11.9. The van der Waals surface area contributed by atoms with E-state index in [1.807, 2.05) is 13.8 Å². The van der Waals surface area contributed by atoms with Gasteiger partial charge in [-0.05, 0) is 40.0 Å². The standard InChI is InChI=1S/C12H16BrClN2O/c1-3-7(2)11(15)12(17)16-10-5-4-8(14)6-9(10)13/h4-7,11H,3,15H2,1-2H3,(H,16,17). The quantitative estimate of drug-likeness (QED) is 0.893. The second-order valence-electron chi connectivity index (χ2n) is 4.02. The third kappa shape index (κ3) is 3.98. The predicted molar refractivity (Wildman–Crippen MR) is 75.2 cm³/mol. The molecule has 0 fully saturated rings. The maximum Gasteiger partial charge on any atom is 0.241 e. The van der Waals surface area contributed by atoms with E-state index in [2.05, 4.69) is 21.2 Å². The number of rotatable bonds is 4. The van der Waals surface area contributed by atoms with Crippen molar-refractivity contribution < 1.29 is 4.79 Å². The van der Waals surface area contributed by atoms with Gasteiger partial charge in [0.1, 0.15) is 0 Å². The van der Waals surface area contributed by atoms with E-state index in [-0.39, 0.29) is 11.8 Å². The monoisotopic (exact) mass is 318 g/mol. The Morgan fingerprint density at radius 1 is 1.59 bits per heavy atom. The summed E-state index contributed by atoms with van der Waals surface area (Å²) in [6.07, 6.45) is 0.871. The summed E-state index contributed by atoms with van der Waals surface area (Å²) in [6, 6.07) is 4.69. The lowest BCUT2D eigenvalue weighted by molar-refractivity contribution is -0.118. The van der Waals surface area contributed by atoms with Crippen LogP contribution in [0.25, 0.3) is 0 Å². The third-order valence-electron chi connectivity index (χ3n) is 2.75. The fourth-order valence-corrected chi connectivity index (χ4v) is 2.10. The van der Waals surface area contributed by atoms with Gasteiger partial charge >= 0.3 is 0 Å². The van der Waals surface area contributed by atoms with Crippen molar-refractivity contribution in [3.63, 3.8) is 0 Å². The Hall–Kier alpha value is -0.580. The highest BCUT2D eigenvalue weighted by atomic mass is 79.9. The zero-order valence-corrected chi connectivity index (χ0v) is 12.2. The van der Waals surface area contributed by atoms with Crippen molar-refractivity contribution in [3.8, 4) is 0 Å². The van der Waals surface area contributed by atoms with Gasteiger partial charge in [-0.1, -0.05) is 31.9 Å². The summed E-state index contributed by atoms with van der Waals surface area (Å²) < 4.78 is 0.745. The molecule has 0 spiro atoms. The van der Waals surface area contributed by atoms with Crippen molar-refractivity contribution in [1.29, 1.82) is 0 Å². The largest absolute Gasteiger partial charge is 0.324 e. The van der Waals surface area contributed by atoms with Gasteiger partial charge in [0, 0.05) is 9.50 Å². The van der Waals surface area contributed by atoms with Gasteiger partial charge in [0.25, 0.3) is 0 Å². The van der Waals surface area contributed by atoms with Crippen LogP contribution in [-0.2, 0) is 4.79 Å². The fraction of sp³-hybridized carbons (Fsp3) is 0.417. The zero-order chi connectivity index (χ0) is 13.0. The Morgan fingerprint density at radius 2 is 2.24 bits per heavy atom. The van der Waals surface area contributed by atoms with E-state index in [0.29, 0.717) is 10.7 Å². The lowest BCUT2D eigenvalue weighted by atomic mass is 9.99. The Bertz CT molecular complexity index is 411. The number of hydrogen-bond donors (Lipinski definition) is 2. The molecule has 1 aromatic rings. The number of carbonyl (C=O) groups excluding carboxylic acids is 1. The average Bonchev–Trinajstić information content (AvgIpc) is 2.30. The molecular formula is C12H16BrClN2O. The number of nitrogens with two attached hydrogens (primary N) is 1. The van der Waals surface area contributed by atoms with Crippen molar-refractivity contribution in [2.24, 2.45) is 11.7 Å². The summed E-state index contributed by atoms with van der Waals surface area (Å²) in [5.41, 5.74) is 6.52. The molecule has 17 heavy (non-hydrogen) atoms. The van der Waals surface area contributed by atoms with Crippen LogP contribution in [0.3, 0.4) is 0 Å². The molecule has 1 amide bonds. The molecule has 94 valence electrons. The smallest absolute Gasteiger partial charge is 0.241 e. The Morgan fingerprint density at radius 3 is 2.76 bits per heavy atom. The minimum absolute atomic E-state index is 0.154. The average molecular weight is 320 g/mol. The minimum atomic E-state index is -0.498. The molecule has 1 rings (SSSR count). The van der Waals surface area contributed by atoms with Crippen molar-refractivity contribution in [3.05, 3.63) is 27.7 Å². The van der Waals surface area contributed by atoms with E-state index in [9.17, 15) is 4.79 Å². The first-order chi connectivity index (χ1) is 7.95. The second-order valence-corrected chi connectivity index (χ2v) is 5.32. The molecule has 1 aromatic carbocycles. The van der Waals surface area contributed by atoms with E-state index in [1.165, 1.54) is 0 Å². The van der Waals surface area contributed by atoms with E-state index in [1.54, 1.807) is 18.2 Å². The van der Waals surface area contributed by atoms with Crippen LogP contribution < -0.4 is 11.1 Å². The SMILES string of the molecule is CCC(C)C(N)C(=O)Nc1ccc(Cl)cc1Br. The number of nitrogens with one attached hydrogen (secondary N) is 1. The molecule has 0 saturated heterocycles. The minimum Gasteiger partial charge on any atom is -0.324 e. The first-order valence-electron chi connectivity index (χ1n) is 5.47. The predicted octanol–water partition coefficient (Wildman–Crippen LogP) is 3.41. The molecule has 0 heterocycles. The van der Waals surface area contributed by atoms with E-state index in [0.717, 1.165) is 10.9 Å². The Labute approximate surface area is 115 Å². The van der Waals surface area contributed by atoms with Gasteiger partial charge in [0.05, 0.1) is 11.7 Å². The molecule has 3 N–H and O–H groups in total.